The van der Waals surface area contributed by atoms with Gasteiger partial charge in [-0.25, -0.2) is 4.99 Å². The summed E-state index contributed by atoms with van der Waals surface area (Å²) in [5.74, 6) is 2.95. The predicted molar refractivity (Wildman–Crippen MR) is 111 cm³/mol. The van der Waals surface area contributed by atoms with Crippen LogP contribution in [0.4, 0.5) is 0 Å². The number of nitrogens with one attached hydrogen (secondary N) is 2. The smallest absolute Gasteiger partial charge is 0.191 e. The SMILES string of the molecule is CCc1nncn1CCNC(=NCc1cccc(Cl)c1)NCCCSC. The van der Waals surface area contributed by atoms with Gasteiger partial charge in [0.25, 0.3) is 0 Å². The molecule has 1 aromatic carbocycles. The van der Waals surface area contributed by atoms with E-state index >= 15 is 0 Å². The second kappa shape index (κ2) is 11.8. The Kier molecular flexibility index (Phi) is 9.34. The van der Waals surface area contributed by atoms with Crippen LogP contribution in [0.15, 0.2) is 35.6 Å². The molecule has 2 aromatic rings. The minimum atomic E-state index is 0.589. The molecule has 0 saturated carbocycles. The lowest BCUT2D eigenvalue weighted by Gasteiger charge is -2.13. The van der Waals surface area contributed by atoms with Crippen molar-refractivity contribution in [3.63, 3.8) is 0 Å². The molecule has 0 aliphatic rings. The molecule has 0 unspecified atom stereocenters. The summed E-state index contributed by atoms with van der Waals surface area (Å²) in [6.45, 7) is 5.13. The third kappa shape index (κ3) is 7.25. The quantitative estimate of drug-likeness (QED) is 0.368. The number of aryl methyl sites for hydroxylation is 1. The van der Waals surface area contributed by atoms with E-state index in [0.29, 0.717) is 6.54 Å². The van der Waals surface area contributed by atoms with Crippen LogP contribution in [-0.4, -0.2) is 45.8 Å². The van der Waals surface area contributed by atoms with Crippen LogP contribution in [0, 0.1) is 0 Å². The summed E-state index contributed by atoms with van der Waals surface area (Å²) in [6.07, 6.45) is 5.87. The molecule has 0 saturated heterocycles. The van der Waals surface area contributed by atoms with Crippen molar-refractivity contribution in [1.29, 1.82) is 0 Å². The summed E-state index contributed by atoms with van der Waals surface area (Å²) in [4.78, 5) is 4.68. The lowest BCUT2D eigenvalue weighted by Crippen LogP contribution is -2.39. The molecule has 0 radical (unpaired) electrons. The average molecular weight is 395 g/mol. The van der Waals surface area contributed by atoms with Crippen molar-refractivity contribution < 1.29 is 0 Å². The molecule has 0 spiro atoms. The molecule has 2 N–H and O–H groups in total. The Morgan fingerprint density at radius 1 is 1.31 bits per heavy atom. The third-order valence-corrected chi connectivity index (χ3v) is 4.72. The molecule has 26 heavy (non-hydrogen) atoms. The summed E-state index contributed by atoms with van der Waals surface area (Å²) in [5.41, 5.74) is 1.09. The van der Waals surface area contributed by atoms with Crippen LogP contribution < -0.4 is 10.6 Å². The molecular weight excluding hydrogens is 368 g/mol. The molecule has 0 bridgehead atoms. The third-order valence-electron chi connectivity index (χ3n) is 3.78. The van der Waals surface area contributed by atoms with E-state index in [0.717, 1.165) is 60.6 Å². The van der Waals surface area contributed by atoms with Crippen LogP contribution >= 0.6 is 23.4 Å². The molecule has 6 nitrogen and oxygen atoms in total. The highest BCUT2D eigenvalue weighted by Gasteiger charge is 2.03. The molecule has 0 atom stereocenters. The summed E-state index contributed by atoms with van der Waals surface area (Å²) in [6, 6.07) is 7.80. The summed E-state index contributed by atoms with van der Waals surface area (Å²) < 4.78 is 2.06. The summed E-state index contributed by atoms with van der Waals surface area (Å²) in [5, 5.41) is 15.6. The second-order valence-corrected chi connectivity index (χ2v) is 7.21. The van der Waals surface area contributed by atoms with Gasteiger partial charge in [-0.2, -0.15) is 11.8 Å². The van der Waals surface area contributed by atoms with Crippen molar-refractivity contribution in [2.45, 2.75) is 32.9 Å². The number of nitrogens with zero attached hydrogens (tertiary/aromatic N) is 4. The Hall–Kier alpha value is -1.73. The molecule has 2 rings (SSSR count). The van der Waals surface area contributed by atoms with E-state index in [4.69, 9.17) is 11.6 Å². The number of hydrogen-bond acceptors (Lipinski definition) is 4. The number of hydrogen-bond donors (Lipinski definition) is 2. The van der Waals surface area contributed by atoms with Gasteiger partial charge in [0.15, 0.2) is 5.96 Å². The maximum atomic E-state index is 6.05. The van der Waals surface area contributed by atoms with Crippen LogP contribution in [0.2, 0.25) is 5.02 Å². The maximum Gasteiger partial charge on any atom is 0.191 e. The zero-order valence-electron chi connectivity index (χ0n) is 15.4. The van der Waals surface area contributed by atoms with E-state index in [9.17, 15) is 0 Å². The van der Waals surface area contributed by atoms with Crippen molar-refractivity contribution >= 4 is 29.3 Å². The highest BCUT2D eigenvalue weighted by molar-refractivity contribution is 7.98. The van der Waals surface area contributed by atoms with Crippen LogP contribution in [-0.2, 0) is 19.5 Å². The second-order valence-electron chi connectivity index (χ2n) is 5.79. The molecule has 0 fully saturated rings. The number of aliphatic imine (C=N–C) groups is 1. The average Bonchev–Trinajstić information content (AvgIpc) is 3.10. The number of benzene rings is 1. The minimum absolute atomic E-state index is 0.589. The van der Waals surface area contributed by atoms with Crippen molar-refractivity contribution in [1.82, 2.24) is 25.4 Å². The Balaban J connectivity index is 1.90. The number of guanidine groups is 1. The van der Waals surface area contributed by atoms with E-state index in [1.165, 1.54) is 0 Å². The van der Waals surface area contributed by atoms with E-state index in [-0.39, 0.29) is 0 Å². The normalized spacial score (nSPS) is 11.6. The highest BCUT2D eigenvalue weighted by atomic mass is 35.5. The Bertz CT molecular complexity index is 688. The highest BCUT2D eigenvalue weighted by Crippen LogP contribution is 2.11. The maximum absolute atomic E-state index is 6.05. The summed E-state index contributed by atoms with van der Waals surface area (Å²) in [7, 11) is 0. The van der Waals surface area contributed by atoms with Crippen LogP contribution in [0.5, 0.6) is 0 Å². The van der Waals surface area contributed by atoms with Gasteiger partial charge in [0.1, 0.15) is 12.2 Å². The Morgan fingerprint density at radius 3 is 2.92 bits per heavy atom. The Morgan fingerprint density at radius 2 is 2.15 bits per heavy atom. The van der Waals surface area contributed by atoms with Gasteiger partial charge < -0.3 is 15.2 Å². The molecule has 1 aromatic heterocycles. The zero-order chi connectivity index (χ0) is 18.6. The first kappa shape index (κ1) is 20.6. The molecule has 8 heteroatoms. The van der Waals surface area contributed by atoms with E-state index in [1.807, 2.05) is 36.0 Å². The number of halogens is 1. The zero-order valence-corrected chi connectivity index (χ0v) is 17.0. The standard InChI is InChI=1S/C18H27ClN6S/c1-3-17-24-23-14-25(17)10-9-21-18(20-8-5-11-26-2)22-13-15-6-4-7-16(19)12-15/h4,6-7,12,14H,3,5,8-11,13H2,1-2H3,(H2,20,21,22). The largest absolute Gasteiger partial charge is 0.356 e. The van der Waals surface area contributed by atoms with E-state index in [2.05, 4.69) is 43.6 Å². The van der Waals surface area contributed by atoms with Crippen molar-refractivity contribution in [2.75, 3.05) is 25.1 Å². The van der Waals surface area contributed by atoms with Crippen LogP contribution in [0.3, 0.4) is 0 Å². The fraction of sp³-hybridized carbons (Fsp3) is 0.500. The van der Waals surface area contributed by atoms with Crippen LogP contribution in [0.25, 0.3) is 0 Å². The van der Waals surface area contributed by atoms with Crippen molar-refractivity contribution in [3.8, 4) is 0 Å². The first-order valence-electron chi connectivity index (χ1n) is 8.85. The molecule has 142 valence electrons. The first-order chi connectivity index (χ1) is 12.7. The molecule has 0 aliphatic heterocycles. The van der Waals surface area contributed by atoms with Gasteiger partial charge >= 0.3 is 0 Å². The van der Waals surface area contributed by atoms with Gasteiger partial charge in [-0.3, -0.25) is 0 Å². The van der Waals surface area contributed by atoms with Gasteiger partial charge in [-0.1, -0.05) is 30.7 Å². The van der Waals surface area contributed by atoms with Crippen molar-refractivity contribution in [2.24, 2.45) is 4.99 Å². The van der Waals surface area contributed by atoms with Crippen LogP contribution in [0.1, 0.15) is 24.7 Å². The minimum Gasteiger partial charge on any atom is -0.356 e. The molecular formula is C18H27ClN6S. The predicted octanol–water partition coefficient (Wildman–Crippen LogP) is 2.98. The van der Waals surface area contributed by atoms with Crippen molar-refractivity contribution in [3.05, 3.63) is 47.0 Å². The lowest BCUT2D eigenvalue weighted by molar-refractivity contribution is 0.631. The molecule has 1 heterocycles. The van der Waals surface area contributed by atoms with Gasteiger partial charge in [0.05, 0.1) is 6.54 Å². The van der Waals surface area contributed by atoms with Gasteiger partial charge in [-0.15, -0.1) is 10.2 Å². The Labute approximate surface area is 164 Å². The molecule has 0 aliphatic carbocycles. The molecule has 0 amide bonds. The summed E-state index contributed by atoms with van der Waals surface area (Å²) >= 11 is 7.90. The van der Waals surface area contributed by atoms with E-state index in [1.54, 1.807) is 6.33 Å². The lowest BCUT2D eigenvalue weighted by atomic mass is 10.2. The number of aromatic nitrogens is 3. The monoisotopic (exact) mass is 394 g/mol. The number of rotatable bonds is 10. The van der Waals surface area contributed by atoms with Gasteiger partial charge in [0, 0.05) is 31.1 Å². The fourth-order valence-corrected chi connectivity index (χ4v) is 3.08. The first-order valence-corrected chi connectivity index (χ1v) is 10.6. The fourth-order valence-electron chi connectivity index (χ4n) is 2.44. The van der Waals surface area contributed by atoms with E-state index < -0.39 is 0 Å². The number of thioether (sulfide) groups is 1. The van der Waals surface area contributed by atoms with Gasteiger partial charge in [-0.05, 0) is 36.1 Å². The topological polar surface area (TPSA) is 67.1 Å². The van der Waals surface area contributed by atoms with Gasteiger partial charge in [0.2, 0.25) is 0 Å².